The molecule has 0 amide bonds. The summed E-state index contributed by atoms with van der Waals surface area (Å²) in [5.74, 6) is 0.685. The summed E-state index contributed by atoms with van der Waals surface area (Å²) < 4.78 is 5.34. The summed E-state index contributed by atoms with van der Waals surface area (Å²) in [7, 11) is 3.71. The van der Waals surface area contributed by atoms with Crippen molar-refractivity contribution in [2.75, 3.05) is 13.6 Å². The first-order chi connectivity index (χ1) is 13.4. The number of H-pyrrole nitrogens is 1. The van der Waals surface area contributed by atoms with Gasteiger partial charge in [-0.3, -0.25) is 18.7 Å². The van der Waals surface area contributed by atoms with E-state index < -0.39 is 11.2 Å². The highest BCUT2D eigenvalue weighted by Gasteiger charge is 2.20. The minimum absolute atomic E-state index is 0.401. The van der Waals surface area contributed by atoms with Crippen LogP contribution in [0.3, 0.4) is 0 Å². The molecule has 146 valence electrons. The molecule has 8 heteroatoms. The Balaban J connectivity index is 1.71. The Morgan fingerprint density at radius 3 is 2.54 bits per heavy atom. The zero-order valence-electron chi connectivity index (χ0n) is 16.6. The lowest BCUT2D eigenvalue weighted by Gasteiger charge is -2.17. The minimum Gasteiger partial charge on any atom is -0.313 e. The third-order valence-corrected chi connectivity index (χ3v) is 5.41. The average molecular weight is 380 g/mol. The van der Waals surface area contributed by atoms with Crippen LogP contribution in [-0.2, 0) is 20.1 Å². The van der Waals surface area contributed by atoms with Crippen molar-refractivity contribution in [2.45, 2.75) is 26.9 Å². The smallest absolute Gasteiger partial charge is 0.313 e. The highest BCUT2D eigenvalue weighted by atomic mass is 16.2. The summed E-state index contributed by atoms with van der Waals surface area (Å²) >= 11 is 0. The maximum absolute atomic E-state index is 12.4. The zero-order chi connectivity index (χ0) is 20.0. The van der Waals surface area contributed by atoms with E-state index in [9.17, 15) is 9.59 Å². The van der Waals surface area contributed by atoms with Crippen molar-refractivity contribution in [3.05, 3.63) is 68.1 Å². The second-order valence-corrected chi connectivity index (χ2v) is 7.28. The Kier molecular flexibility index (Phi) is 4.43. The second kappa shape index (κ2) is 6.79. The molecule has 0 aliphatic carbocycles. The molecule has 0 aliphatic rings. The lowest BCUT2D eigenvalue weighted by Crippen LogP contribution is -2.28. The van der Waals surface area contributed by atoms with Gasteiger partial charge in [0.05, 0.1) is 0 Å². The van der Waals surface area contributed by atoms with Crippen LogP contribution in [0.1, 0.15) is 17.0 Å². The summed E-state index contributed by atoms with van der Waals surface area (Å²) in [6, 6.07) is 10.3. The Labute approximate surface area is 161 Å². The fourth-order valence-electron chi connectivity index (χ4n) is 3.69. The molecule has 0 fully saturated rings. The van der Waals surface area contributed by atoms with E-state index in [0.29, 0.717) is 16.9 Å². The van der Waals surface area contributed by atoms with Gasteiger partial charge in [-0.2, -0.15) is 4.98 Å². The summed E-state index contributed by atoms with van der Waals surface area (Å²) in [4.78, 5) is 33.6. The molecule has 0 unspecified atom stereocenters. The van der Waals surface area contributed by atoms with Crippen molar-refractivity contribution in [3.8, 4) is 0 Å². The molecule has 0 atom stereocenters. The maximum Gasteiger partial charge on any atom is 0.329 e. The van der Waals surface area contributed by atoms with E-state index in [2.05, 4.69) is 38.6 Å². The average Bonchev–Trinajstić information content (AvgIpc) is 3.16. The number of hydrogen-bond donors (Lipinski definition) is 1. The molecule has 3 aromatic heterocycles. The van der Waals surface area contributed by atoms with Crippen LogP contribution in [0.15, 0.2) is 39.9 Å². The van der Waals surface area contributed by atoms with Gasteiger partial charge in [0.25, 0.3) is 5.56 Å². The molecular weight excluding hydrogens is 356 g/mol. The van der Waals surface area contributed by atoms with Crippen LogP contribution < -0.4 is 11.2 Å². The number of aromatic amines is 1. The van der Waals surface area contributed by atoms with Crippen LogP contribution in [0.4, 0.5) is 0 Å². The van der Waals surface area contributed by atoms with Crippen LogP contribution in [0, 0.1) is 13.8 Å². The van der Waals surface area contributed by atoms with Crippen LogP contribution in [0.25, 0.3) is 16.9 Å². The van der Waals surface area contributed by atoms with Gasteiger partial charge in [-0.25, -0.2) is 4.79 Å². The third-order valence-electron chi connectivity index (χ3n) is 5.41. The molecule has 8 nitrogen and oxygen atoms in total. The SMILES string of the molecule is Cc1c(C)n2c3c(=O)[nH]c(=O)n(C)c3nc2n1CCN(C)Cc1ccccc1. The van der Waals surface area contributed by atoms with Crippen LogP contribution >= 0.6 is 0 Å². The van der Waals surface area contributed by atoms with Gasteiger partial charge >= 0.3 is 5.69 Å². The highest BCUT2D eigenvalue weighted by molar-refractivity contribution is 5.76. The van der Waals surface area contributed by atoms with E-state index in [0.717, 1.165) is 31.0 Å². The Hall–Kier alpha value is -3.13. The Morgan fingerprint density at radius 1 is 1.11 bits per heavy atom. The van der Waals surface area contributed by atoms with Gasteiger partial charge in [-0.1, -0.05) is 30.3 Å². The van der Waals surface area contributed by atoms with Crippen LogP contribution in [-0.4, -0.2) is 42.0 Å². The molecule has 0 saturated heterocycles. The summed E-state index contributed by atoms with van der Waals surface area (Å²) in [6.45, 7) is 6.43. The van der Waals surface area contributed by atoms with Crippen molar-refractivity contribution in [2.24, 2.45) is 7.05 Å². The molecule has 0 aliphatic heterocycles. The van der Waals surface area contributed by atoms with Gasteiger partial charge in [0, 0.05) is 38.1 Å². The number of nitrogens with zero attached hydrogens (tertiary/aromatic N) is 5. The van der Waals surface area contributed by atoms with E-state index in [-0.39, 0.29) is 0 Å². The van der Waals surface area contributed by atoms with Crippen molar-refractivity contribution in [3.63, 3.8) is 0 Å². The molecular formula is C20H24N6O2. The topological polar surface area (TPSA) is 80.3 Å². The lowest BCUT2D eigenvalue weighted by molar-refractivity contribution is 0.312. The number of hydrogen-bond acceptors (Lipinski definition) is 4. The van der Waals surface area contributed by atoms with E-state index >= 15 is 0 Å². The molecule has 28 heavy (non-hydrogen) atoms. The molecule has 4 rings (SSSR count). The van der Waals surface area contributed by atoms with Crippen molar-refractivity contribution >= 4 is 16.9 Å². The first-order valence-corrected chi connectivity index (χ1v) is 9.28. The van der Waals surface area contributed by atoms with Gasteiger partial charge in [0.15, 0.2) is 11.2 Å². The first kappa shape index (κ1) is 18.2. The molecule has 0 spiro atoms. The lowest BCUT2D eigenvalue weighted by atomic mass is 10.2. The molecule has 3 heterocycles. The Morgan fingerprint density at radius 2 is 1.82 bits per heavy atom. The largest absolute Gasteiger partial charge is 0.329 e. The Bertz CT molecular complexity index is 1280. The fourth-order valence-corrected chi connectivity index (χ4v) is 3.69. The standard InChI is InChI=1S/C20H24N6O2/c1-13-14(2)26-16-17(24(4)20(28)22-18(16)27)21-19(26)25(13)11-10-23(3)12-15-8-6-5-7-9-15/h5-9H,10-12H2,1-4H3,(H,22,27,28). The number of rotatable bonds is 5. The van der Waals surface area contributed by atoms with Crippen molar-refractivity contribution in [1.82, 2.24) is 28.4 Å². The normalized spacial score (nSPS) is 11.9. The number of fused-ring (bicyclic) bond motifs is 3. The van der Waals surface area contributed by atoms with Gasteiger partial charge in [-0.05, 0) is 26.5 Å². The quantitative estimate of drug-likeness (QED) is 0.568. The molecule has 0 bridgehead atoms. The predicted octanol–water partition coefficient (Wildman–Crippen LogP) is 1.42. The highest BCUT2D eigenvalue weighted by Crippen LogP contribution is 2.20. The maximum atomic E-state index is 12.4. The summed E-state index contributed by atoms with van der Waals surface area (Å²) in [5.41, 5.74) is 3.22. The monoisotopic (exact) mass is 380 g/mol. The number of aryl methyl sites for hydroxylation is 2. The predicted molar refractivity (Wildman–Crippen MR) is 109 cm³/mol. The first-order valence-electron chi connectivity index (χ1n) is 9.28. The number of likely N-dealkylation sites (N-methyl/N-ethyl adjacent to an activating group) is 1. The molecule has 4 aromatic rings. The molecule has 1 aromatic carbocycles. The van der Waals surface area contributed by atoms with E-state index in [4.69, 9.17) is 0 Å². The second-order valence-electron chi connectivity index (χ2n) is 7.28. The van der Waals surface area contributed by atoms with E-state index in [1.807, 2.05) is 36.4 Å². The fraction of sp³-hybridized carbons (Fsp3) is 0.350. The molecule has 0 saturated carbocycles. The minimum atomic E-state index is -0.457. The summed E-state index contributed by atoms with van der Waals surface area (Å²) in [6.07, 6.45) is 0. The number of imidazole rings is 2. The van der Waals surface area contributed by atoms with Crippen LogP contribution in [0.5, 0.6) is 0 Å². The molecule has 1 N–H and O–H groups in total. The van der Waals surface area contributed by atoms with Crippen molar-refractivity contribution < 1.29 is 0 Å². The van der Waals surface area contributed by atoms with Gasteiger partial charge < -0.3 is 9.47 Å². The van der Waals surface area contributed by atoms with Gasteiger partial charge in [-0.15, -0.1) is 0 Å². The van der Waals surface area contributed by atoms with Gasteiger partial charge in [0.2, 0.25) is 5.78 Å². The zero-order valence-corrected chi connectivity index (χ0v) is 16.6. The van der Waals surface area contributed by atoms with E-state index in [1.165, 1.54) is 10.1 Å². The number of benzene rings is 1. The number of nitrogens with one attached hydrogen (secondary N) is 1. The summed E-state index contributed by atoms with van der Waals surface area (Å²) in [5, 5.41) is 0. The van der Waals surface area contributed by atoms with Crippen molar-refractivity contribution in [1.29, 1.82) is 0 Å². The number of aromatic nitrogens is 5. The third kappa shape index (κ3) is 2.86. The van der Waals surface area contributed by atoms with Crippen LogP contribution in [0.2, 0.25) is 0 Å². The van der Waals surface area contributed by atoms with Gasteiger partial charge in [0.1, 0.15) is 0 Å². The van der Waals surface area contributed by atoms with E-state index in [1.54, 1.807) is 7.05 Å². The molecule has 0 radical (unpaired) electrons.